The van der Waals surface area contributed by atoms with E-state index in [1.165, 1.54) is 0 Å². The van der Waals surface area contributed by atoms with E-state index in [4.69, 9.17) is 4.74 Å². The first-order chi connectivity index (χ1) is 13.7. The smallest absolute Gasteiger partial charge is 0.378 e. The van der Waals surface area contributed by atoms with Crippen molar-refractivity contribution >= 4 is 11.6 Å². The molecule has 0 bridgehead atoms. The van der Waals surface area contributed by atoms with Crippen LogP contribution in [-0.4, -0.2) is 44.7 Å². The minimum absolute atomic E-state index is 0.0247. The molecule has 2 aromatic heterocycles. The molecular weight excluding hydrogens is 385 g/mol. The van der Waals surface area contributed by atoms with Crippen LogP contribution in [0.3, 0.4) is 0 Å². The Morgan fingerprint density at radius 3 is 2.72 bits per heavy atom. The normalized spacial score (nSPS) is 22.9. The number of alkyl halides is 3. The largest absolute Gasteiger partial charge is 0.433 e. The number of halogens is 3. The van der Waals surface area contributed by atoms with Crippen molar-refractivity contribution in [3.05, 3.63) is 29.2 Å². The molecule has 2 fully saturated rings. The van der Waals surface area contributed by atoms with E-state index in [1.807, 2.05) is 0 Å². The fraction of sp³-hybridized carbons (Fsp3) is 0.650. The second kappa shape index (κ2) is 7.59. The van der Waals surface area contributed by atoms with E-state index < -0.39 is 11.9 Å². The molecular formula is C20H25F3N4O2. The Kier molecular flexibility index (Phi) is 5.27. The third-order valence-corrected chi connectivity index (χ3v) is 5.69. The molecule has 0 saturated carbocycles. The zero-order chi connectivity index (χ0) is 20.8. The summed E-state index contributed by atoms with van der Waals surface area (Å²) in [6.45, 7) is 4.87. The summed E-state index contributed by atoms with van der Waals surface area (Å²) in [5.74, 6) is -0.168. The Labute approximate surface area is 167 Å². The maximum Gasteiger partial charge on any atom is 0.433 e. The van der Waals surface area contributed by atoms with Crippen LogP contribution >= 0.6 is 0 Å². The van der Waals surface area contributed by atoms with Gasteiger partial charge in [0.25, 0.3) is 0 Å². The molecule has 6 nitrogen and oxygen atoms in total. The number of carbonyl (C=O) groups is 1. The third kappa shape index (κ3) is 3.97. The lowest BCUT2D eigenvalue weighted by molar-refractivity contribution is -0.143. The van der Waals surface area contributed by atoms with Gasteiger partial charge in [0.1, 0.15) is 5.69 Å². The zero-order valence-corrected chi connectivity index (χ0v) is 16.6. The second-order valence-corrected chi connectivity index (χ2v) is 8.14. The zero-order valence-electron chi connectivity index (χ0n) is 16.6. The highest BCUT2D eigenvalue weighted by Gasteiger charge is 2.37. The van der Waals surface area contributed by atoms with Gasteiger partial charge in [0, 0.05) is 24.9 Å². The minimum atomic E-state index is -4.54. The van der Waals surface area contributed by atoms with Crippen LogP contribution in [0.1, 0.15) is 75.0 Å². The number of hydrogen-bond acceptors (Lipinski definition) is 4. The van der Waals surface area contributed by atoms with Crippen LogP contribution in [0, 0.1) is 0 Å². The van der Waals surface area contributed by atoms with Crippen LogP contribution in [0.4, 0.5) is 13.2 Å². The Hall–Kier alpha value is -2.16. The van der Waals surface area contributed by atoms with Crippen LogP contribution in [0.5, 0.6) is 0 Å². The first kappa shape index (κ1) is 20.1. The number of nitrogens with zero attached hydrogens (tertiary/aromatic N) is 4. The number of likely N-dealkylation sites (tertiary alicyclic amines) is 1. The summed E-state index contributed by atoms with van der Waals surface area (Å²) in [6.07, 6.45) is -0.983. The molecule has 2 atom stereocenters. The summed E-state index contributed by atoms with van der Waals surface area (Å²) >= 11 is 0. The number of hydrogen-bond donors (Lipinski definition) is 0. The predicted molar refractivity (Wildman–Crippen MR) is 99.4 cm³/mol. The van der Waals surface area contributed by atoms with Crippen molar-refractivity contribution < 1.29 is 22.7 Å². The van der Waals surface area contributed by atoms with E-state index in [-0.39, 0.29) is 29.6 Å². The van der Waals surface area contributed by atoms with Crippen molar-refractivity contribution in [2.24, 2.45) is 0 Å². The summed E-state index contributed by atoms with van der Waals surface area (Å²) in [5.41, 5.74) is 0.153. The predicted octanol–water partition coefficient (Wildman–Crippen LogP) is 4.10. The van der Waals surface area contributed by atoms with Crippen LogP contribution < -0.4 is 0 Å². The molecule has 0 aromatic carbocycles. The van der Waals surface area contributed by atoms with Crippen molar-refractivity contribution in [3.63, 3.8) is 0 Å². The SMILES string of the molecule is CC(C)c1cc(C(F)(F)F)n2nc(C3CCCN3C(=O)CC3CCCO3)cc2n1. The van der Waals surface area contributed by atoms with Crippen LogP contribution in [0.2, 0.25) is 0 Å². The monoisotopic (exact) mass is 410 g/mol. The molecule has 0 N–H and O–H groups in total. The van der Waals surface area contributed by atoms with Crippen LogP contribution in [0.15, 0.2) is 12.1 Å². The molecule has 2 aliphatic rings. The molecule has 2 unspecified atom stereocenters. The van der Waals surface area contributed by atoms with Gasteiger partial charge in [0.15, 0.2) is 5.65 Å². The summed E-state index contributed by atoms with van der Waals surface area (Å²) < 4.78 is 47.3. The maximum absolute atomic E-state index is 13.6. The molecule has 9 heteroatoms. The highest BCUT2D eigenvalue weighted by Crippen LogP contribution is 2.35. The summed E-state index contributed by atoms with van der Waals surface area (Å²) in [7, 11) is 0. The summed E-state index contributed by atoms with van der Waals surface area (Å²) in [4.78, 5) is 18.9. The van der Waals surface area contributed by atoms with Gasteiger partial charge >= 0.3 is 6.18 Å². The maximum atomic E-state index is 13.6. The highest BCUT2D eigenvalue weighted by atomic mass is 19.4. The fourth-order valence-corrected chi connectivity index (χ4v) is 4.16. The van der Waals surface area contributed by atoms with E-state index >= 15 is 0 Å². The molecule has 0 radical (unpaired) electrons. The lowest BCUT2D eigenvalue weighted by Gasteiger charge is -2.24. The average Bonchev–Trinajstić information content (AvgIpc) is 3.38. The topological polar surface area (TPSA) is 59.7 Å². The van der Waals surface area contributed by atoms with E-state index in [2.05, 4.69) is 10.1 Å². The van der Waals surface area contributed by atoms with Crippen molar-refractivity contribution in [1.82, 2.24) is 19.5 Å². The number of amides is 1. The standard InChI is InChI=1S/C20H25F3N4O2/c1-12(2)14-10-17(20(21,22)23)27-18(24-14)11-15(25-27)16-6-3-7-26(16)19(28)9-13-5-4-8-29-13/h10-13,16H,3-9H2,1-2H3. The van der Waals surface area contributed by atoms with E-state index in [0.717, 1.165) is 29.8 Å². The molecule has 4 heterocycles. The van der Waals surface area contributed by atoms with Crippen molar-refractivity contribution in [3.8, 4) is 0 Å². The van der Waals surface area contributed by atoms with Gasteiger partial charge in [0.05, 0.1) is 24.3 Å². The lowest BCUT2D eigenvalue weighted by atomic mass is 10.1. The van der Waals surface area contributed by atoms with Crippen molar-refractivity contribution in [2.45, 2.75) is 70.2 Å². The van der Waals surface area contributed by atoms with Gasteiger partial charge < -0.3 is 9.64 Å². The van der Waals surface area contributed by atoms with Crippen molar-refractivity contribution in [2.75, 3.05) is 13.2 Å². The van der Waals surface area contributed by atoms with Crippen LogP contribution in [0.25, 0.3) is 5.65 Å². The van der Waals surface area contributed by atoms with Crippen molar-refractivity contribution in [1.29, 1.82) is 0 Å². The molecule has 2 saturated heterocycles. The number of fused-ring (bicyclic) bond motifs is 1. The van der Waals surface area contributed by atoms with Gasteiger partial charge in [-0.25, -0.2) is 9.50 Å². The summed E-state index contributed by atoms with van der Waals surface area (Å²) in [6, 6.07) is 2.32. The molecule has 4 rings (SSSR count). The number of aromatic nitrogens is 3. The molecule has 158 valence electrons. The molecule has 29 heavy (non-hydrogen) atoms. The number of rotatable bonds is 4. The van der Waals surface area contributed by atoms with Gasteiger partial charge in [-0.1, -0.05) is 13.8 Å². The molecule has 1 amide bonds. The molecule has 0 aliphatic carbocycles. The van der Waals surface area contributed by atoms with Crippen LogP contribution in [-0.2, 0) is 15.7 Å². The van der Waals surface area contributed by atoms with Gasteiger partial charge in [-0.3, -0.25) is 4.79 Å². The Balaban J connectivity index is 1.67. The molecule has 0 spiro atoms. The van der Waals surface area contributed by atoms with Gasteiger partial charge in [0.2, 0.25) is 5.91 Å². The quantitative estimate of drug-likeness (QED) is 0.761. The average molecular weight is 410 g/mol. The van der Waals surface area contributed by atoms with Gasteiger partial charge in [-0.15, -0.1) is 0 Å². The van der Waals surface area contributed by atoms with E-state index in [0.29, 0.717) is 37.4 Å². The Morgan fingerprint density at radius 1 is 1.28 bits per heavy atom. The van der Waals surface area contributed by atoms with E-state index in [1.54, 1.807) is 24.8 Å². The molecule has 2 aromatic rings. The van der Waals surface area contributed by atoms with Gasteiger partial charge in [-0.2, -0.15) is 18.3 Å². The van der Waals surface area contributed by atoms with E-state index in [9.17, 15) is 18.0 Å². The Bertz CT molecular complexity index is 903. The number of carbonyl (C=O) groups excluding carboxylic acids is 1. The van der Waals surface area contributed by atoms with Gasteiger partial charge in [-0.05, 0) is 37.7 Å². The highest BCUT2D eigenvalue weighted by molar-refractivity contribution is 5.77. The summed E-state index contributed by atoms with van der Waals surface area (Å²) in [5, 5.41) is 4.24. The lowest BCUT2D eigenvalue weighted by Crippen LogP contribution is -2.33. The third-order valence-electron chi connectivity index (χ3n) is 5.69. The Morgan fingerprint density at radius 2 is 2.07 bits per heavy atom. The second-order valence-electron chi connectivity index (χ2n) is 8.14. The first-order valence-corrected chi connectivity index (χ1v) is 10.1. The fourth-order valence-electron chi connectivity index (χ4n) is 4.16. The molecule has 2 aliphatic heterocycles. The first-order valence-electron chi connectivity index (χ1n) is 10.1. The number of ether oxygens (including phenoxy) is 1. The minimum Gasteiger partial charge on any atom is -0.378 e.